The van der Waals surface area contributed by atoms with Crippen LogP contribution in [0.15, 0.2) is 24.3 Å². The first-order valence-electron chi connectivity index (χ1n) is 8.11. The molecule has 1 aliphatic carbocycles. The molecule has 8 nitrogen and oxygen atoms in total. The maximum Gasteiger partial charge on any atom is 0.315 e. The van der Waals surface area contributed by atoms with Gasteiger partial charge in [-0.3, -0.25) is 10.1 Å². The molecule has 0 spiro atoms. The Kier molecular flexibility index (Phi) is 6.51. The fraction of sp³-hybridized carbons (Fsp3) is 0.562. The predicted molar refractivity (Wildman–Crippen MR) is 87.5 cm³/mol. The van der Waals surface area contributed by atoms with E-state index < -0.39 is 29.7 Å². The van der Waals surface area contributed by atoms with Crippen LogP contribution in [0, 0.1) is 10.1 Å². The van der Waals surface area contributed by atoms with Gasteiger partial charge >= 0.3 is 6.03 Å². The molecule has 2 rings (SSSR count). The van der Waals surface area contributed by atoms with Crippen LogP contribution in [-0.2, 0) is 0 Å². The number of amides is 2. The van der Waals surface area contributed by atoms with Crippen molar-refractivity contribution in [2.75, 3.05) is 6.61 Å². The molecule has 1 saturated carbocycles. The van der Waals surface area contributed by atoms with Gasteiger partial charge in [-0.2, -0.15) is 0 Å². The SMILES string of the molecule is O=C(NC1CCCCC1)NC(CO)C(O)c1ccc([N+](=O)[O-])cc1. The number of hydrogen-bond acceptors (Lipinski definition) is 5. The maximum atomic E-state index is 12.0. The summed E-state index contributed by atoms with van der Waals surface area (Å²) in [6.45, 7) is -0.448. The molecule has 132 valence electrons. The molecule has 1 aromatic carbocycles. The van der Waals surface area contributed by atoms with Gasteiger partial charge in [-0.15, -0.1) is 0 Å². The Balaban J connectivity index is 1.93. The van der Waals surface area contributed by atoms with Gasteiger partial charge in [-0.05, 0) is 30.5 Å². The van der Waals surface area contributed by atoms with Gasteiger partial charge in [0.1, 0.15) is 6.10 Å². The highest BCUT2D eigenvalue weighted by molar-refractivity contribution is 5.74. The van der Waals surface area contributed by atoms with Crippen LogP contribution in [0.4, 0.5) is 10.5 Å². The van der Waals surface area contributed by atoms with Gasteiger partial charge in [-0.1, -0.05) is 19.3 Å². The number of non-ortho nitro benzene ring substituents is 1. The summed E-state index contributed by atoms with van der Waals surface area (Å²) in [7, 11) is 0. The Morgan fingerprint density at radius 2 is 1.88 bits per heavy atom. The number of hydrogen-bond donors (Lipinski definition) is 4. The molecule has 0 bridgehead atoms. The zero-order chi connectivity index (χ0) is 17.5. The van der Waals surface area contributed by atoms with Crippen LogP contribution in [-0.4, -0.2) is 39.9 Å². The van der Waals surface area contributed by atoms with E-state index in [0.29, 0.717) is 5.56 Å². The summed E-state index contributed by atoms with van der Waals surface area (Å²) in [5.74, 6) is 0. The third kappa shape index (κ3) is 4.90. The number of nitrogens with zero attached hydrogens (tertiary/aromatic N) is 1. The van der Waals surface area contributed by atoms with Crippen LogP contribution in [0.5, 0.6) is 0 Å². The van der Waals surface area contributed by atoms with E-state index in [9.17, 15) is 25.1 Å². The predicted octanol–water partition coefficient (Wildman–Crippen LogP) is 1.62. The minimum Gasteiger partial charge on any atom is -0.394 e. The fourth-order valence-electron chi connectivity index (χ4n) is 2.89. The maximum absolute atomic E-state index is 12.0. The third-order valence-electron chi connectivity index (χ3n) is 4.28. The summed E-state index contributed by atoms with van der Waals surface area (Å²) in [5.41, 5.74) is 0.298. The van der Waals surface area contributed by atoms with Crippen LogP contribution in [0.1, 0.15) is 43.8 Å². The van der Waals surface area contributed by atoms with E-state index in [1.165, 1.54) is 30.7 Å². The lowest BCUT2D eigenvalue weighted by Crippen LogP contribution is -2.49. The minimum absolute atomic E-state index is 0.0884. The number of carbonyl (C=O) groups excluding carboxylic acids is 1. The molecule has 0 radical (unpaired) electrons. The van der Waals surface area contributed by atoms with Gasteiger partial charge in [-0.25, -0.2) is 4.79 Å². The highest BCUT2D eigenvalue weighted by Crippen LogP contribution is 2.21. The second-order valence-corrected chi connectivity index (χ2v) is 6.04. The van der Waals surface area contributed by atoms with Crippen molar-refractivity contribution in [2.45, 2.75) is 50.3 Å². The van der Waals surface area contributed by atoms with Gasteiger partial charge in [0, 0.05) is 18.2 Å². The van der Waals surface area contributed by atoms with E-state index in [1.807, 2.05) is 0 Å². The highest BCUT2D eigenvalue weighted by atomic mass is 16.6. The average Bonchev–Trinajstić information content (AvgIpc) is 2.60. The smallest absolute Gasteiger partial charge is 0.315 e. The number of benzene rings is 1. The number of urea groups is 1. The summed E-state index contributed by atoms with van der Waals surface area (Å²) in [6, 6.07) is 4.16. The molecule has 2 amide bonds. The molecular formula is C16H23N3O5. The van der Waals surface area contributed by atoms with Crippen molar-refractivity contribution >= 4 is 11.7 Å². The normalized spacial score (nSPS) is 17.8. The van der Waals surface area contributed by atoms with Crippen molar-refractivity contribution in [2.24, 2.45) is 0 Å². The first-order chi connectivity index (χ1) is 11.5. The van der Waals surface area contributed by atoms with Gasteiger partial charge < -0.3 is 20.8 Å². The van der Waals surface area contributed by atoms with Crippen LogP contribution in [0.2, 0.25) is 0 Å². The van der Waals surface area contributed by atoms with Crippen LogP contribution >= 0.6 is 0 Å². The van der Waals surface area contributed by atoms with Crippen molar-refractivity contribution in [3.05, 3.63) is 39.9 Å². The Hall–Kier alpha value is -2.19. The third-order valence-corrected chi connectivity index (χ3v) is 4.28. The van der Waals surface area contributed by atoms with Crippen molar-refractivity contribution in [1.82, 2.24) is 10.6 Å². The van der Waals surface area contributed by atoms with E-state index >= 15 is 0 Å². The molecule has 2 atom stereocenters. The first kappa shape index (κ1) is 18.2. The van der Waals surface area contributed by atoms with E-state index in [1.54, 1.807) is 0 Å². The van der Waals surface area contributed by atoms with E-state index in [0.717, 1.165) is 25.7 Å². The second kappa shape index (κ2) is 8.60. The van der Waals surface area contributed by atoms with Gasteiger partial charge in [0.15, 0.2) is 0 Å². The lowest BCUT2D eigenvalue weighted by atomic mass is 9.96. The lowest BCUT2D eigenvalue weighted by molar-refractivity contribution is -0.384. The number of aliphatic hydroxyl groups is 2. The van der Waals surface area contributed by atoms with Crippen molar-refractivity contribution in [3.63, 3.8) is 0 Å². The molecule has 0 aromatic heterocycles. The molecule has 8 heteroatoms. The number of carbonyl (C=O) groups is 1. The second-order valence-electron chi connectivity index (χ2n) is 6.04. The van der Waals surface area contributed by atoms with E-state index in [-0.39, 0.29) is 11.7 Å². The van der Waals surface area contributed by atoms with Crippen LogP contribution in [0.25, 0.3) is 0 Å². The molecule has 0 heterocycles. The summed E-state index contributed by atoms with van der Waals surface area (Å²) < 4.78 is 0. The van der Waals surface area contributed by atoms with E-state index in [4.69, 9.17) is 0 Å². The number of rotatable bonds is 6. The number of nitro benzene ring substituents is 1. The van der Waals surface area contributed by atoms with Gasteiger partial charge in [0.2, 0.25) is 0 Å². The molecule has 0 aliphatic heterocycles. The molecule has 2 unspecified atom stereocenters. The molecule has 24 heavy (non-hydrogen) atoms. The first-order valence-corrected chi connectivity index (χ1v) is 8.11. The molecular weight excluding hydrogens is 314 g/mol. The monoisotopic (exact) mass is 337 g/mol. The lowest BCUT2D eigenvalue weighted by Gasteiger charge is -2.26. The number of nitro groups is 1. The minimum atomic E-state index is -1.16. The average molecular weight is 337 g/mol. The van der Waals surface area contributed by atoms with Crippen LogP contribution < -0.4 is 10.6 Å². The van der Waals surface area contributed by atoms with Gasteiger partial charge in [0.05, 0.1) is 17.6 Å². The highest BCUT2D eigenvalue weighted by Gasteiger charge is 2.24. The van der Waals surface area contributed by atoms with Crippen molar-refractivity contribution in [3.8, 4) is 0 Å². The summed E-state index contributed by atoms with van der Waals surface area (Å²) >= 11 is 0. The Labute approximate surface area is 140 Å². The molecule has 1 aromatic rings. The summed E-state index contributed by atoms with van der Waals surface area (Å²) in [6.07, 6.45) is 4.05. The summed E-state index contributed by atoms with van der Waals surface area (Å²) in [4.78, 5) is 22.1. The fourth-order valence-corrected chi connectivity index (χ4v) is 2.89. The zero-order valence-corrected chi connectivity index (χ0v) is 13.4. The number of nitrogens with one attached hydrogen (secondary N) is 2. The molecule has 1 aliphatic rings. The standard InChI is InChI=1S/C16H23N3O5/c20-10-14(18-16(22)17-12-4-2-1-3-5-12)15(21)11-6-8-13(9-7-11)19(23)24/h6-9,12,14-15,20-21H,1-5,10H2,(H2,17,18,22). The quantitative estimate of drug-likeness (QED) is 0.464. The van der Waals surface area contributed by atoms with Gasteiger partial charge in [0.25, 0.3) is 5.69 Å². The molecule has 1 fully saturated rings. The van der Waals surface area contributed by atoms with Crippen molar-refractivity contribution < 1.29 is 19.9 Å². The zero-order valence-electron chi connectivity index (χ0n) is 13.4. The summed E-state index contributed by atoms with van der Waals surface area (Å²) in [5, 5.41) is 35.8. The van der Waals surface area contributed by atoms with Crippen molar-refractivity contribution in [1.29, 1.82) is 0 Å². The molecule has 0 saturated heterocycles. The Morgan fingerprint density at radius 3 is 2.42 bits per heavy atom. The topological polar surface area (TPSA) is 125 Å². The number of aliphatic hydroxyl groups excluding tert-OH is 2. The Bertz CT molecular complexity index is 557. The Morgan fingerprint density at radius 1 is 1.25 bits per heavy atom. The molecule has 4 N–H and O–H groups in total. The van der Waals surface area contributed by atoms with E-state index in [2.05, 4.69) is 10.6 Å². The largest absolute Gasteiger partial charge is 0.394 e. The van der Waals surface area contributed by atoms with Crippen LogP contribution in [0.3, 0.4) is 0 Å².